The van der Waals surface area contributed by atoms with Gasteiger partial charge in [0.25, 0.3) is 5.91 Å². The summed E-state index contributed by atoms with van der Waals surface area (Å²) < 4.78 is 5.20. The van der Waals surface area contributed by atoms with Crippen LogP contribution in [0.15, 0.2) is 48.0 Å². The van der Waals surface area contributed by atoms with Crippen molar-refractivity contribution in [2.75, 3.05) is 30.4 Å². The molecule has 1 aliphatic heterocycles. The Balaban J connectivity index is 1.48. The molecule has 0 fully saturated rings. The average molecular weight is 437 g/mol. The average Bonchev–Trinajstić information content (AvgIpc) is 3.20. The zero-order chi connectivity index (χ0) is 21.8. The highest BCUT2D eigenvalue weighted by Gasteiger charge is 2.26. The van der Waals surface area contributed by atoms with Crippen molar-refractivity contribution in [1.29, 1.82) is 0 Å². The van der Waals surface area contributed by atoms with Crippen LogP contribution < -0.4 is 20.3 Å². The van der Waals surface area contributed by atoms with Gasteiger partial charge in [0, 0.05) is 17.6 Å². The fraction of sp³-hybridized carbons (Fsp3) is 0.261. The highest BCUT2D eigenvalue weighted by molar-refractivity contribution is 7.10. The largest absolute Gasteiger partial charge is 0.497 e. The number of carbonyl (C=O) groups excluding carboxylic acids is 2. The third-order valence-corrected chi connectivity index (χ3v) is 6.32. The van der Waals surface area contributed by atoms with E-state index in [1.165, 1.54) is 10.4 Å². The Kier molecular flexibility index (Phi) is 6.18. The van der Waals surface area contributed by atoms with Crippen LogP contribution in [0.2, 0.25) is 0 Å². The number of benzene rings is 1. The van der Waals surface area contributed by atoms with Crippen molar-refractivity contribution < 1.29 is 14.3 Å². The lowest BCUT2D eigenvalue weighted by atomic mass is 10.1. The third-order valence-electron chi connectivity index (χ3n) is 5.23. The van der Waals surface area contributed by atoms with Crippen LogP contribution >= 0.6 is 11.3 Å². The molecule has 31 heavy (non-hydrogen) atoms. The normalized spacial score (nSPS) is 12.8. The molecule has 0 unspecified atom stereocenters. The van der Waals surface area contributed by atoms with Crippen LogP contribution in [-0.4, -0.2) is 37.0 Å². The van der Waals surface area contributed by atoms with E-state index in [1.807, 2.05) is 24.3 Å². The molecule has 2 amide bonds. The summed E-state index contributed by atoms with van der Waals surface area (Å²) in [6.45, 7) is 3.18. The van der Waals surface area contributed by atoms with E-state index in [1.54, 1.807) is 35.6 Å². The Morgan fingerprint density at radius 1 is 1.29 bits per heavy atom. The van der Waals surface area contributed by atoms with Gasteiger partial charge in [0.2, 0.25) is 5.91 Å². The second kappa shape index (κ2) is 9.18. The smallest absolute Gasteiger partial charge is 0.252 e. The number of nitrogens with zero attached hydrogens (tertiary/aromatic N) is 2. The first kappa shape index (κ1) is 20.9. The summed E-state index contributed by atoms with van der Waals surface area (Å²) in [6.07, 6.45) is 2.33. The minimum Gasteiger partial charge on any atom is -0.497 e. The molecule has 0 radical (unpaired) electrons. The molecule has 0 saturated heterocycles. The highest BCUT2D eigenvalue weighted by atomic mass is 32.1. The van der Waals surface area contributed by atoms with E-state index in [9.17, 15) is 9.59 Å². The SMILES string of the molecule is COc1ccc(CN2C(=O)CNc3ncc(C(=O)NCCc4sccc4C)cc32)cc1. The lowest BCUT2D eigenvalue weighted by molar-refractivity contribution is -0.117. The predicted molar refractivity (Wildman–Crippen MR) is 122 cm³/mol. The Bertz CT molecular complexity index is 1090. The molecule has 0 aliphatic carbocycles. The number of hydrogen-bond donors (Lipinski definition) is 2. The van der Waals surface area contributed by atoms with Crippen molar-refractivity contribution >= 4 is 34.7 Å². The van der Waals surface area contributed by atoms with Gasteiger partial charge in [0.1, 0.15) is 5.75 Å². The van der Waals surface area contributed by atoms with E-state index in [0.29, 0.717) is 30.2 Å². The Morgan fingerprint density at radius 3 is 2.81 bits per heavy atom. The van der Waals surface area contributed by atoms with E-state index in [-0.39, 0.29) is 18.4 Å². The third kappa shape index (κ3) is 4.69. The fourth-order valence-electron chi connectivity index (χ4n) is 3.45. The van der Waals surface area contributed by atoms with Gasteiger partial charge in [-0.15, -0.1) is 11.3 Å². The molecular formula is C23H24N4O3S. The number of hydrogen-bond acceptors (Lipinski definition) is 6. The monoisotopic (exact) mass is 436 g/mol. The van der Waals surface area contributed by atoms with Crippen LogP contribution in [0.5, 0.6) is 5.75 Å². The van der Waals surface area contributed by atoms with Gasteiger partial charge in [-0.05, 0) is 54.1 Å². The van der Waals surface area contributed by atoms with E-state index in [2.05, 4.69) is 34.0 Å². The maximum absolute atomic E-state index is 12.7. The number of anilines is 2. The zero-order valence-corrected chi connectivity index (χ0v) is 18.3. The number of thiophene rings is 1. The van der Waals surface area contributed by atoms with Gasteiger partial charge in [-0.25, -0.2) is 4.98 Å². The molecule has 0 saturated carbocycles. The minimum atomic E-state index is -0.202. The van der Waals surface area contributed by atoms with Crippen LogP contribution in [0.4, 0.5) is 11.5 Å². The van der Waals surface area contributed by atoms with Gasteiger partial charge in [-0.1, -0.05) is 12.1 Å². The van der Waals surface area contributed by atoms with Crippen LogP contribution in [0.1, 0.15) is 26.4 Å². The summed E-state index contributed by atoms with van der Waals surface area (Å²) >= 11 is 1.70. The molecule has 0 atom stereocenters. The van der Waals surface area contributed by atoms with Gasteiger partial charge >= 0.3 is 0 Å². The lowest BCUT2D eigenvalue weighted by Crippen LogP contribution is -2.40. The van der Waals surface area contributed by atoms with E-state index in [4.69, 9.17) is 4.74 Å². The topological polar surface area (TPSA) is 83.6 Å². The predicted octanol–water partition coefficient (Wildman–Crippen LogP) is 3.39. The van der Waals surface area contributed by atoms with Gasteiger partial charge < -0.3 is 20.3 Å². The number of aromatic nitrogens is 1. The molecule has 1 aromatic carbocycles. The summed E-state index contributed by atoms with van der Waals surface area (Å²) in [5, 5.41) is 8.03. The molecule has 0 spiro atoms. The number of ether oxygens (including phenoxy) is 1. The summed E-state index contributed by atoms with van der Waals surface area (Å²) in [6, 6.07) is 11.4. The maximum Gasteiger partial charge on any atom is 0.252 e. The zero-order valence-electron chi connectivity index (χ0n) is 17.5. The first-order valence-electron chi connectivity index (χ1n) is 10.0. The molecule has 2 N–H and O–H groups in total. The maximum atomic E-state index is 12.7. The van der Waals surface area contributed by atoms with Gasteiger partial charge in [-0.3, -0.25) is 9.59 Å². The van der Waals surface area contributed by atoms with E-state index >= 15 is 0 Å². The number of pyridine rings is 1. The lowest BCUT2D eigenvalue weighted by Gasteiger charge is -2.29. The number of amides is 2. The molecule has 7 nitrogen and oxygen atoms in total. The van der Waals surface area contributed by atoms with Crippen molar-refractivity contribution in [2.45, 2.75) is 19.9 Å². The van der Waals surface area contributed by atoms with Gasteiger partial charge in [-0.2, -0.15) is 0 Å². The highest BCUT2D eigenvalue weighted by Crippen LogP contribution is 2.30. The second-order valence-corrected chi connectivity index (χ2v) is 8.31. The minimum absolute atomic E-state index is 0.0733. The molecule has 3 heterocycles. The van der Waals surface area contributed by atoms with Crippen LogP contribution in [0.25, 0.3) is 0 Å². The Morgan fingerprint density at radius 2 is 2.10 bits per heavy atom. The number of fused-ring (bicyclic) bond motifs is 1. The van der Waals surface area contributed by atoms with Crippen molar-refractivity contribution in [3.63, 3.8) is 0 Å². The molecule has 0 bridgehead atoms. The number of carbonyl (C=O) groups is 2. The van der Waals surface area contributed by atoms with Crippen molar-refractivity contribution in [1.82, 2.24) is 10.3 Å². The summed E-state index contributed by atoms with van der Waals surface area (Å²) in [7, 11) is 1.62. The molecule has 2 aromatic heterocycles. The van der Waals surface area contributed by atoms with Crippen LogP contribution in [0, 0.1) is 6.92 Å². The number of rotatable bonds is 7. The molecule has 1 aliphatic rings. The van der Waals surface area contributed by atoms with Crippen LogP contribution in [-0.2, 0) is 17.8 Å². The summed E-state index contributed by atoms with van der Waals surface area (Å²) in [4.78, 5) is 32.6. The number of nitrogens with one attached hydrogen (secondary N) is 2. The number of aryl methyl sites for hydroxylation is 1. The molecule has 4 rings (SSSR count). The van der Waals surface area contributed by atoms with Gasteiger partial charge in [0.15, 0.2) is 5.82 Å². The van der Waals surface area contributed by atoms with Crippen LogP contribution in [0.3, 0.4) is 0 Å². The summed E-state index contributed by atoms with van der Waals surface area (Å²) in [5.74, 6) is 1.08. The van der Waals surface area contributed by atoms with Crippen molar-refractivity contribution in [3.8, 4) is 5.75 Å². The molecule has 3 aromatic rings. The molecular weight excluding hydrogens is 412 g/mol. The standard InChI is InChI=1S/C23H24N4O3S/c1-15-8-10-31-20(15)7-9-24-23(29)17-11-19-22(25-12-17)26-13-21(28)27(19)14-16-3-5-18(30-2)6-4-16/h3-6,8,10-12H,7,9,13-14H2,1-2H3,(H,24,29)(H,25,26). The van der Waals surface area contributed by atoms with Crippen molar-refractivity contribution in [2.24, 2.45) is 0 Å². The van der Waals surface area contributed by atoms with Crippen molar-refractivity contribution in [3.05, 3.63) is 69.5 Å². The quantitative estimate of drug-likeness (QED) is 0.593. The summed E-state index contributed by atoms with van der Waals surface area (Å²) in [5.41, 5.74) is 3.24. The van der Waals surface area contributed by atoms with E-state index < -0.39 is 0 Å². The number of methoxy groups -OCH3 is 1. The van der Waals surface area contributed by atoms with Gasteiger partial charge in [0.05, 0.1) is 31.5 Å². The first-order chi connectivity index (χ1) is 15.0. The Labute approximate surface area is 185 Å². The molecule has 160 valence electrons. The Hall–Kier alpha value is -3.39. The second-order valence-electron chi connectivity index (χ2n) is 7.31. The van der Waals surface area contributed by atoms with E-state index in [0.717, 1.165) is 17.7 Å². The molecule has 8 heteroatoms. The fourth-order valence-corrected chi connectivity index (χ4v) is 4.36. The first-order valence-corrected chi connectivity index (χ1v) is 10.9.